The van der Waals surface area contributed by atoms with E-state index in [1.165, 1.54) is 18.2 Å². The van der Waals surface area contributed by atoms with E-state index in [0.717, 1.165) is 55.4 Å². The molecule has 3 rings (SSSR count). The van der Waals surface area contributed by atoms with E-state index in [1.807, 2.05) is 0 Å². The third-order valence-electron chi connectivity index (χ3n) is 8.45. The molecule has 2 aliphatic rings. The molecule has 0 aromatic carbocycles. The number of pyridine rings is 1. The Kier molecular flexibility index (Phi) is 20.4. The van der Waals surface area contributed by atoms with Crippen molar-refractivity contribution in [2.24, 2.45) is 0 Å². The first-order chi connectivity index (χ1) is 30.2. The van der Waals surface area contributed by atoms with Crippen LogP contribution in [-0.4, -0.2) is 165 Å². The predicted molar refractivity (Wildman–Crippen MR) is 205 cm³/mol. The number of nitrogens with one attached hydrogen (secondary N) is 2. The lowest BCUT2D eigenvalue weighted by molar-refractivity contribution is -0.307. The molecule has 2 amide bonds. The van der Waals surface area contributed by atoms with Crippen molar-refractivity contribution >= 4 is 59.6 Å². The minimum atomic E-state index is -1.49. The van der Waals surface area contributed by atoms with Gasteiger partial charge in [-0.05, 0) is 12.1 Å². The normalized spacial score (nSPS) is 24.9. The first-order valence-corrected chi connectivity index (χ1v) is 19.5. The van der Waals surface area contributed by atoms with Gasteiger partial charge in [0.25, 0.3) is 11.8 Å². The fraction of sp³-hybridized carbons (Fsp3) is 0.615. The van der Waals surface area contributed by atoms with Gasteiger partial charge in [0, 0.05) is 68.5 Å². The summed E-state index contributed by atoms with van der Waals surface area (Å²) in [6.07, 6.45) is -14.2. The molecule has 10 atom stereocenters. The minimum Gasteiger partial charge on any atom is -0.463 e. The van der Waals surface area contributed by atoms with Gasteiger partial charge in [0.2, 0.25) is 0 Å². The highest BCUT2D eigenvalue weighted by molar-refractivity contribution is 5.96. The van der Waals surface area contributed by atoms with Crippen molar-refractivity contribution in [3.8, 4) is 0 Å². The second kappa shape index (κ2) is 25.1. The van der Waals surface area contributed by atoms with Crippen LogP contribution in [0.4, 0.5) is 0 Å². The van der Waals surface area contributed by atoms with Gasteiger partial charge in [0.1, 0.15) is 36.8 Å². The largest absolute Gasteiger partial charge is 0.463 e. The van der Waals surface area contributed by atoms with Crippen LogP contribution in [0, 0.1) is 0 Å². The van der Waals surface area contributed by atoms with Gasteiger partial charge in [-0.2, -0.15) is 0 Å². The Balaban J connectivity index is 1.65. The van der Waals surface area contributed by atoms with Crippen LogP contribution in [0.15, 0.2) is 18.2 Å². The van der Waals surface area contributed by atoms with Gasteiger partial charge >= 0.3 is 47.8 Å². The number of rotatable bonds is 20. The highest BCUT2D eigenvalue weighted by Gasteiger charge is 2.54. The molecule has 64 heavy (non-hydrogen) atoms. The fourth-order valence-electron chi connectivity index (χ4n) is 6.19. The molecule has 0 spiro atoms. The molecule has 1 aromatic heterocycles. The van der Waals surface area contributed by atoms with Crippen molar-refractivity contribution in [2.75, 3.05) is 39.5 Å². The average molecular weight is 914 g/mol. The summed E-state index contributed by atoms with van der Waals surface area (Å²) in [5.74, 6) is -7.86. The maximum Gasteiger partial charge on any atom is 0.303 e. The number of hydrogen-bond acceptors (Lipinski definition) is 23. The molecule has 1 aromatic rings. The first-order valence-electron chi connectivity index (χ1n) is 19.5. The second-order valence-corrected chi connectivity index (χ2v) is 13.8. The summed E-state index contributed by atoms with van der Waals surface area (Å²) < 4.78 is 65.4. The van der Waals surface area contributed by atoms with Gasteiger partial charge in [-0.25, -0.2) is 4.98 Å². The molecule has 2 saturated heterocycles. The van der Waals surface area contributed by atoms with E-state index in [0.29, 0.717) is 0 Å². The van der Waals surface area contributed by atoms with Crippen LogP contribution in [0.1, 0.15) is 76.4 Å². The molecule has 354 valence electrons. The zero-order valence-corrected chi connectivity index (χ0v) is 36.2. The van der Waals surface area contributed by atoms with E-state index in [1.54, 1.807) is 0 Å². The van der Waals surface area contributed by atoms with Crippen LogP contribution in [0.5, 0.6) is 0 Å². The lowest BCUT2D eigenvalue weighted by atomic mass is 9.98. The summed E-state index contributed by atoms with van der Waals surface area (Å²) in [6.45, 7) is 6.69. The Morgan fingerprint density at radius 2 is 0.781 bits per heavy atom. The molecule has 0 radical (unpaired) electrons. The maximum atomic E-state index is 13.1. The lowest BCUT2D eigenvalue weighted by Crippen LogP contribution is -2.63. The smallest absolute Gasteiger partial charge is 0.303 e. The maximum absolute atomic E-state index is 13.1. The molecule has 0 bridgehead atoms. The third kappa shape index (κ3) is 16.8. The summed E-state index contributed by atoms with van der Waals surface area (Å²) >= 11 is 0. The molecule has 25 heteroatoms. The molecule has 3 heterocycles. The molecular formula is C39H51N3O22. The van der Waals surface area contributed by atoms with Crippen molar-refractivity contribution in [3.63, 3.8) is 0 Å². The topological polar surface area (TPSA) is 318 Å². The van der Waals surface area contributed by atoms with E-state index in [4.69, 9.17) is 56.8 Å². The van der Waals surface area contributed by atoms with Gasteiger partial charge in [-0.15, -0.1) is 0 Å². The van der Waals surface area contributed by atoms with Crippen LogP contribution in [0.2, 0.25) is 0 Å². The highest BCUT2D eigenvalue weighted by Crippen LogP contribution is 2.31. The second-order valence-electron chi connectivity index (χ2n) is 13.8. The molecular weight excluding hydrogens is 862 g/mol. The summed E-state index contributed by atoms with van der Waals surface area (Å²) in [5, 5.41) is 5.08. The molecule has 0 aliphatic carbocycles. The predicted octanol–water partition coefficient (Wildman–Crippen LogP) is -1.26. The summed E-state index contributed by atoms with van der Waals surface area (Å²) in [6, 6.07) is 4.03. The van der Waals surface area contributed by atoms with Gasteiger partial charge in [0.15, 0.2) is 49.2 Å². The van der Waals surface area contributed by atoms with Crippen LogP contribution in [0.3, 0.4) is 0 Å². The van der Waals surface area contributed by atoms with E-state index in [-0.39, 0.29) is 37.7 Å². The van der Waals surface area contributed by atoms with Gasteiger partial charge in [0.05, 0.1) is 13.2 Å². The number of carbonyl (C=O) groups is 10. The summed E-state index contributed by atoms with van der Waals surface area (Å²) in [5.41, 5.74) is -0.373. The van der Waals surface area contributed by atoms with E-state index < -0.39 is 134 Å². The summed E-state index contributed by atoms with van der Waals surface area (Å²) in [7, 11) is 0. The number of carbonyl (C=O) groups excluding carboxylic acids is 10. The molecule has 25 nitrogen and oxygen atoms in total. The monoisotopic (exact) mass is 913 g/mol. The Bertz CT molecular complexity index is 1750. The Morgan fingerprint density at radius 3 is 1.09 bits per heavy atom. The average Bonchev–Trinajstić information content (AvgIpc) is 3.19. The van der Waals surface area contributed by atoms with E-state index in [2.05, 4.69) is 15.6 Å². The van der Waals surface area contributed by atoms with Crippen molar-refractivity contribution in [1.29, 1.82) is 0 Å². The third-order valence-corrected chi connectivity index (χ3v) is 8.45. The van der Waals surface area contributed by atoms with Gasteiger partial charge < -0.3 is 67.5 Å². The van der Waals surface area contributed by atoms with Crippen molar-refractivity contribution in [2.45, 2.75) is 117 Å². The van der Waals surface area contributed by atoms with Crippen LogP contribution in [0.25, 0.3) is 0 Å². The molecule has 2 N–H and O–H groups in total. The SMILES string of the molecule is CC(=O)OC[C@H]1O[C@@H](OCCNC(=O)c2cccc(C(=O)NCCO[C@@H]3O[C@H](COC(C)=O)[C@@H](OC(C)=O)[C@H](OC(C)=O)[C@H]3OC(C)=O)n2)[C@H](OC(C)=O)[C@@H](OC(C)=O)[C@@H]1OC(C)=O. The zero-order valence-electron chi connectivity index (χ0n) is 36.2. The van der Waals surface area contributed by atoms with E-state index >= 15 is 0 Å². The van der Waals surface area contributed by atoms with Gasteiger partial charge in [-0.3, -0.25) is 47.9 Å². The summed E-state index contributed by atoms with van der Waals surface area (Å²) in [4.78, 5) is 126. The first kappa shape index (κ1) is 52.0. The zero-order chi connectivity index (χ0) is 47.7. The number of amides is 2. The lowest BCUT2D eigenvalue weighted by Gasteiger charge is -2.44. The van der Waals surface area contributed by atoms with Crippen molar-refractivity contribution < 1.29 is 105 Å². The standard InChI is InChI=1S/C39H51N3O22/c1-18(43)55-16-28-30(57-20(3)45)32(59-22(5)47)34(61-24(7)49)38(63-28)53-14-12-40-36(51)26-10-9-11-27(42-26)37(52)41-13-15-54-39-35(62-25(8)50)33(60-23(6)48)31(58-21(4)46)29(64-39)17-56-19(2)44/h9-11,28-35,38-39H,12-17H2,1-8H3,(H,40,51)(H,41,52)/t28-,29-,30-,31-,32+,33+,34-,35-,38-,39-/m1/s1. The van der Waals surface area contributed by atoms with Crippen molar-refractivity contribution in [3.05, 3.63) is 29.6 Å². The number of esters is 8. The number of hydrogen-bond donors (Lipinski definition) is 2. The number of ether oxygens (including phenoxy) is 12. The Hall–Kier alpha value is -6.31. The van der Waals surface area contributed by atoms with Gasteiger partial charge in [-0.1, -0.05) is 6.07 Å². The number of nitrogens with zero attached hydrogens (tertiary/aromatic N) is 1. The quantitative estimate of drug-likeness (QED) is 0.0876. The number of aromatic nitrogens is 1. The van der Waals surface area contributed by atoms with Crippen LogP contribution in [-0.2, 0) is 95.2 Å². The van der Waals surface area contributed by atoms with Crippen LogP contribution >= 0.6 is 0 Å². The molecule has 0 saturated carbocycles. The Labute approximate surface area is 365 Å². The minimum absolute atomic E-state index is 0.186. The Morgan fingerprint density at radius 1 is 0.469 bits per heavy atom. The van der Waals surface area contributed by atoms with E-state index in [9.17, 15) is 47.9 Å². The molecule has 2 aliphatic heterocycles. The molecule has 2 fully saturated rings. The fourth-order valence-corrected chi connectivity index (χ4v) is 6.19. The highest BCUT2D eigenvalue weighted by atomic mass is 16.7. The van der Waals surface area contributed by atoms with Crippen LogP contribution < -0.4 is 10.6 Å². The van der Waals surface area contributed by atoms with Crippen molar-refractivity contribution in [1.82, 2.24) is 15.6 Å². The molecule has 0 unspecified atom stereocenters.